The molecule has 2 aromatic rings. The molecular formula is C20H25N2. The molecule has 1 aliphatic rings. The minimum Gasteiger partial charge on any atom is -0.301 e. The van der Waals surface area contributed by atoms with Gasteiger partial charge in [-0.15, -0.1) is 0 Å². The zero-order valence-corrected chi connectivity index (χ0v) is 13.2. The van der Waals surface area contributed by atoms with Crippen molar-refractivity contribution >= 4 is 0 Å². The summed E-state index contributed by atoms with van der Waals surface area (Å²) in [6.45, 7) is 7.00. The zero-order chi connectivity index (χ0) is 15.0. The molecule has 0 aromatic heterocycles. The fourth-order valence-corrected chi connectivity index (χ4v) is 3.02. The Morgan fingerprint density at radius 1 is 0.727 bits per heavy atom. The van der Waals surface area contributed by atoms with Crippen LogP contribution in [0, 0.1) is 6.42 Å². The van der Waals surface area contributed by atoms with Crippen molar-refractivity contribution in [3.8, 4) is 0 Å². The minimum atomic E-state index is 1.09. The summed E-state index contributed by atoms with van der Waals surface area (Å²) < 4.78 is 0. The smallest absolute Gasteiger partial charge is 0.0234 e. The van der Waals surface area contributed by atoms with Gasteiger partial charge in [-0.05, 0) is 30.5 Å². The number of rotatable bonds is 6. The largest absolute Gasteiger partial charge is 0.301 e. The quantitative estimate of drug-likeness (QED) is 0.805. The van der Waals surface area contributed by atoms with Crippen LogP contribution >= 0.6 is 0 Å². The minimum absolute atomic E-state index is 1.09. The Bertz CT molecular complexity index is 530. The summed E-state index contributed by atoms with van der Waals surface area (Å²) in [4.78, 5) is 5.15. The van der Waals surface area contributed by atoms with Crippen LogP contribution in [0.4, 0.5) is 0 Å². The fourth-order valence-electron chi connectivity index (χ4n) is 3.02. The monoisotopic (exact) mass is 293 g/mol. The van der Waals surface area contributed by atoms with Gasteiger partial charge in [0.2, 0.25) is 0 Å². The van der Waals surface area contributed by atoms with Crippen LogP contribution in [0.25, 0.3) is 0 Å². The van der Waals surface area contributed by atoms with Gasteiger partial charge in [-0.1, -0.05) is 60.7 Å². The van der Waals surface area contributed by atoms with Crippen LogP contribution < -0.4 is 0 Å². The van der Waals surface area contributed by atoms with Crippen LogP contribution in [0.5, 0.6) is 0 Å². The first-order chi connectivity index (χ1) is 10.9. The van der Waals surface area contributed by atoms with E-state index >= 15 is 0 Å². The molecule has 2 nitrogen and oxygen atoms in total. The third-order valence-electron chi connectivity index (χ3n) is 4.34. The van der Waals surface area contributed by atoms with E-state index in [1.165, 1.54) is 43.9 Å². The predicted octanol–water partition coefficient (Wildman–Crippen LogP) is 3.45. The van der Waals surface area contributed by atoms with Crippen LogP contribution in [-0.2, 0) is 6.54 Å². The Balaban J connectivity index is 1.35. The highest BCUT2D eigenvalue weighted by Gasteiger charge is 2.16. The van der Waals surface area contributed by atoms with Crippen molar-refractivity contribution in [2.75, 3.05) is 32.7 Å². The summed E-state index contributed by atoms with van der Waals surface area (Å²) in [5.41, 5.74) is 2.76. The molecule has 0 amide bonds. The Morgan fingerprint density at radius 3 is 2.00 bits per heavy atom. The molecule has 22 heavy (non-hydrogen) atoms. The molecule has 1 aliphatic heterocycles. The Kier molecular flexibility index (Phi) is 5.63. The van der Waals surface area contributed by atoms with Gasteiger partial charge < -0.3 is 4.90 Å². The van der Waals surface area contributed by atoms with E-state index in [1.54, 1.807) is 0 Å². The van der Waals surface area contributed by atoms with Crippen LogP contribution in [0.15, 0.2) is 60.7 Å². The van der Waals surface area contributed by atoms with Crippen LogP contribution in [0.2, 0.25) is 0 Å². The van der Waals surface area contributed by atoms with Gasteiger partial charge in [0.05, 0.1) is 0 Å². The highest BCUT2D eigenvalue weighted by Crippen LogP contribution is 2.10. The van der Waals surface area contributed by atoms with Crippen molar-refractivity contribution in [2.45, 2.75) is 13.0 Å². The van der Waals surface area contributed by atoms with Gasteiger partial charge in [0.15, 0.2) is 0 Å². The molecule has 0 atom stereocenters. The second-order valence-corrected chi connectivity index (χ2v) is 6.01. The van der Waals surface area contributed by atoms with E-state index in [1.807, 2.05) is 0 Å². The van der Waals surface area contributed by atoms with E-state index in [0.29, 0.717) is 0 Å². The van der Waals surface area contributed by atoms with Crippen LogP contribution in [0.1, 0.15) is 17.5 Å². The van der Waals surface area contributed by atoms with E-state index in [-0.39, 0.29) is 0 Å². The fraction of sp³-hybridized carbons (Fsp3) is 0.350. The molecule has 0 bridgehead atoms. The van der Waals surface area contributed by atoms with E-state index in [4.69, 9.17) is 0 Å². The maximum atomic E-state index is 2.58. The third-order valence-corrected chi connectivity index (χ3v) is 4.34. The van der Waals surface area contributed by atoms with Crippen LogP contribution in [0.3, 0.4) is 0 Å². The maximum Gasteiger partial charge on any atom is 0.0234 e. The Labute approximate surface area is 134 Å². The summed E-state index contributed by atoms with van der Waals surface area (Å²) in [6, 6.07) is 21.4. The van der Waals surface area contributed by atoms with Crippen molar-refractivity contribution in [2.24, 2.45) is 0 Å². The highest BCUT2D eigenvalue weighted by molar-refractivity contribution is 5.22. The average molecular weight is 293 g/mol. The van der Waals surface area contributed by atoms with Gasteiger partial charge in [0.25, 0.3) is 0 Å². The summed E-state index contributed by atoms with van der Waals surface area (Å²) in [6.07, 6.45) is 3.49. The van der Waals surface area contributed by atoms with Crippen molar-refractivity contribution < 1.29 is 0 Å². The number of piperazine rings is 1. The lowest BCUT2D eigenvalue weighted by molar-refractivity contribution is 0.128. The molecule has 0 spiro atoms. The van der Waals surface area contributed by atoms with Crippen molar-refractivity contribution in [3.63, 3.8) is 0 Å². The molecule has 2 heteroatoms. The van der Waals surface area contributed by atoms with E-state index in [2.05, 4.69) is 76.9 Å². The highest BCUT2D eigenvalue weighted by atomic mass is 15.3. The lowest BCUT2D eigenvalue weighted by atomic mass is 10.1. The molecule has 1 fully saturated rings. The second kappa shape index (κ2) is 8.11. The Morgan fingerprint density at radius 2 is 1.32 bits per heavy atom. The normalized spacial score (nSPS) is 16.7. The predicted molar refractivity (Wildman–Crippen MR) is 92.6 cm³/mol. The molecule has 1 heterocycles. The Hall–Kier alpha value is -1.64. The number of hydrogen-bond donors (Lipinski definition) is 0. The first kappa shape index (κ1) is 15.3. The van der Waals surface area contributed by atoms with E-state index in [9.17, 15) is 0 Å². The molecular weight excluding hydrogens is 268 g/mol. The zero-order valence-electron chi connectivity index (χ0n) is 13.2. The lowest BCUT2D eigenvalue weighted by Crippen LogP contribution is -2.46. The molecule has 0 aliphatic carbocycles. The summed E-state index contributed by atoms with van der Waals surface area (Å²) in [5.74, 6) is 0. The van der Waals surface area contributed by atoms with Gasteiger partial charge in [0, 0.05) is 32.7 Å². The van der Waals surface area contributed by atoms with Crippen molar-refractivity contribution in [1.82, 2.24) is 9.80 Å². The van der Waals surface area contributed by atoms with Gasteiger partial charge in [-0.3, -0.25) is 4.90 Å². The standard InChI is InChI=1S/C20H25N2/c1-3-8-19(9-4-1)12-7-13-21-14-16-22(17-15-21)18-20-10-5-2-6-11-20/h1-6,8-12H,7,13-18H2. The molecule has 0 unspecified atom stereocenters. The lowest BCUT2D eigenvalue weighted by Gasteiger charge is -2.34. The molecule has 115 valence electrons. The third kappa shape index (κ3) is 4.69. The van der Waals surface area contributed by atoms with Gasteiger partial charge >= 0.3 is 0 Å². The molecule has 0 saturated carbocycles. The van der Waals surface area contributed by atoms with E-state index in [0.717, 1.165) is 13.0 Å². The van der Waals surface area contributed by atoms with Crippen LogP contribution in [-0.4, -0.2) is 42.5 Å². The topological polar surface area (TPSA) is 6.48 Å². The van der Waals surface area contributed by atoms with Gasteiger partial charge in [0.1, 0.15) is 0 Å². The van der Waals surface area contributed by atoms with Gasteiger partial charge in [-0.2, -0.15) is 0 Å². The first-order valence-electron chi connectivity index (χ1n) is 8.27. The second-order valence-electron chi connectivity index (χ2n) is 6.01. The van der Waals surface area contributed by atoms with Gasteiger partial charge in [-0.25, -0.2) is 0 Å². The number of hydrogen-bond acceptors (Lipinski definition) is 2. The molecule has 1 saturated heterocycles. The van der Waals surface area contributed by atoms with E-state index < -0.39 is 0 Å². The SMILES string of the molecule is [CH](CCN1CCN(Cc2ccccc2)CC1)c1ccccc1. The molecule has 3 rings (SSSR count). The van der Waals surface area contributed by atoms with Crippen molar-refractivity contribution in [1.29, 1.82) is 0 Å². The summed E-state index contributed by atoms with van der Waals surface area (Å²) in [5, 5.41) is 0. The maximum absolute atomic E-state index is 2.58. The summed E-state index contributed by atoms with van der Waals surface area (Å²) in [7, 11) is 0. The molecule has 2 aromatic carbocycles. The average Bonchev–Trinajstić information content (AvgIpc) is 2.58. The first-order valence-corrected chi connectivity index (χ1v) is 8.27. The summed E-state index contributed by atoms with van der Waals surface area (Å²) >= 11 is 0. The molecule has 1 radical (unpaired) electrons. The van der Waals surface area contributed by atoms with Crippen molar-refractivity contribution in [3.05, 3.63) is 78.2 Å². The number of nitrogens with zero attached hydrogens (tertiary/aromatic N) is 2. The molecule has 0 N–H and O–H groups in total. The number of benzene rings is 2.